The lowest BCUT2D eigenvalue weighted by Gasteiger charge is -2.19. The number of rotatable bonds is 5. The zero-order chi connectivity index (χ0) is 19.4. The molecule has 1 aromatic heterocycles. The van der Waals surface area contributed by atoms with Gasteiger partial charge in [0.15, 0.2) is 5.82 Å². The minimum Gasteiger partial charge on any atom is -0.347 e. The molecule has 1 aliphatic rings. The van der Waals surface area contributed by atoms with Crippen LogP contribution in [-0.4, -0.2) is 48.2 Å². The molecule has 3 rings (SSSR count). The zero-order valence-electron chi connectivity index (χ0n) is 15.2. The summed E-state index contributed by atoms with van der Waals surface area (Å²) < 4.78 is 13.2. The Morgan fingerprint density at radius 1 is 1.26 bits per heavy atom. The average Bonchev–Trinajstić information content (AvgIpc) is 3.17. The van der Waals surface area contributed by atoms with Crippen LogP contribution in [0.3, 0.4) is 0 Å². The van der Waals surface area contributed by atoms with Gasteiger partial charge in [-0.1, -0.05) is 11.6 Å². The first-order valence-electron chi connectivity index (χ1n) is 8.59. The minimum absolute atomic E-state index is 0.0591. The van der Waals surface area contributed by atoms with Crippen molar-refractivity contribution in [3.8, 4) is 0 Å². The lowest BCUT2D eigenvalue weighted by molar-refractivity contribution is 0.251. The number of aromatic nitrogens is 3. The van der Waals surface area contributed by atoms with E-state index in [1.165, 1.54) is 18.2 Å². The zero-order valence-corrected chi connectivity index (χ0v) is 15.9. The molecule has 0 atom stereocenters. The summed E-state index contributed by atoms with van der Waals surface area (Å²) in [5.74, 6) is 1.07. The maximum absolute atomic E-state index is 13.2. The number of hydrogen-bond acceptors (Lipinski definition) is 6. The second-order valence-corrected chi connectivity index (χ2v) is 6.78. The fourth-order valence-electron chi connectivity index (χ4n) is 2.64. The molecule has 0 radical (unpaired) electrons. The lowest BCUT2D eigenvalue weighted by Crippen LogP contribution is -2.30. The third-order valence-corrected chi connectivity index (χ3v) is 4.32. The first kappa shape index (κ1) is 19.1. The molecule has 2 amide bonds. The minimum atomic E-state index is -0.543. The Bertz CT molecular complexity index is 827. The van der Waals surface area contributed by atoms with E-state index in [9.17, 15) is 9.18 Å². The number of anilines is 3. The van der Waals surface area contributed by atoms with E-state index in [2.05, 4.69) is 30.5 Å². The first-order valence-corrected chi connectivity index (χ1v) is 8.97. The Balaban J connectivity index is 1.67. The van der Waals surface area contributed by atoms with Gasteiger partial charge in [-0.15, -0.1) is 0 Å². The molecule has 2 heterocycles. The number of benzene rings is 1. The highest BCUT2D eigenvalue weighted by Crippen LogP contribution is 2.20. The van der Waals surface area contributed by atoms with Crippen molar-refractivity contribution < 1.29 is 9.18 Å². The van der Waals surface area contributed by atoms with Crippen LogP contribution in [0.15, 0.2) is 18.2 Å². The van der Waals surface area contributed by atoms with E-state index < -0.39 is 11.8 Å². The number of amides is 2. The predicted octanol–water partition coefficient (Wildman–Crippen LogP) is 2.65. The Morgan fingerprint density at radius 3 is 2.67 bits per heavy atom. The largest absolute Gasteiger partial charge is 0.347 e. The number of halogens is 2. The van der Waals surface area contributed by atoms with Gasteiger partial charge in [0.1, 0.15) is 5.82 Å². The van der Waals surface area contributed by atoms with Crippen molar-refractivity contribution in [2.24, 2.45) is 0 Å². The van der Waals surface area contributed by atoms with E-state index in [1.54, 1.807) is 4.90 Å². The summed E-state index contributed by atoms with van der Waals surface area (Å²) in [6.45, 7) is 1.95. The van der Waals surface area contributed by atoms with Gasteiger partial charge in [0, 0.05) is 32.9 Å². The molecule has 1 aromatic carbocycles. The van der Waals surface area contributed by atoms with Crippen LogP contribution in [0.1, 0.15) is 18.7 Å². The number of nitrogens with zero attached hydrogens (tertiary/aromatic N) is 5. The van der Waals surface area contributed by atoms with Crippen molar-refractivity contribution in [3.05, 3.63) is 34.9 Å². The molecule has 0 bridgehead atoms. The summed E-state index contributed by atoms with van der Waals surface area (Å²) >= 11 is 5.71. The van der Waals surface area contributed by atoms with E-state index >= 15 is 0 Å². The molecule has 0 unspecified atom stereocenters. The molecular weight excluding hydrogens is 373 g/mol. The monoisotopic (exact) mass is 393 g/mol. The second-order valence-electron chi connectivity index (χ2n) is 6.38. The maximum Gasteiger partial charge on any atom is 0.319 e. The van der Waals surface area contributed by atoms with E-state index in [0.717, 1.165) is 25.9 Å². The molecule has 2 aromatic rings. The van der Waals surface area contributed by atoms with Gasteiger partial charge in [0.25, 0.3) is 0 Å². The molecule has 144 valence electrons. The van der Waals surface area contributed by atoms with Gasteiger partial charge in [0.2, 0.25) is 11.9 Å². The summed E-state index contributed by atoms with van der Waals surface area (Å²) in [6, 6.07) is 3.50. The molecule has 0 spiro atoms. The highest BCUT2D eigenvalue weighted by molar-refractivity contribution is 6.31. The van der Waals surface area contributed by atoms with E-state index in [4.69, 9.17) is 11.6 Å². The van der Waals surface area contributed by atoms with Crippen LogP contribution in [0, 0.1) is 5.82 Å². The van der Waals surface area contributed by atoms with Crippen LogP contribution < -0.4 is 20.4 Å². The van der Waals surface area contributed by atoms with Gasteiger partial charge >= 0.3 is 6.03 Å². The highest BCUT2D eigenvalue weighted by atomic mass is 35.5. The molecule has 10 heteroatoms. The molecule has 27 heavy (non-hydrogen) atoms. The fraction of sp³-hybridized carbons (Fsp3) is 0.412. The van der Waals surface area contributed by atoms with Crippen LogP contribution in [0.5, 0.6) is 0 Å². The molecule has 1 fully saturated rings. The summed E-state index contributed by atoms with van der Waals surface area (Å²) in [4.78, 5) is 29.3. The highest BCUT2D eigenvalue weighted by Gasteiger charge is 2.18. The van der Waals surface area contributed by atoms with Crippen molar-refractivity contribution in [3.63, 3.8) is 0 Å². The van der Waals surface area contributed by atoms with Gasteiger partial charge in [0.05, 0.1) is 11.6 Å². The quantitative estimate of drug-likeness (QED) is 0.812. The van der Waals surface area contributed by atoms with Crippen LogP contribution >= 0.6 is 11.6 Å². The average molecular weight is 394 g/mol. The molecular formula is C17H21ClFN7O. The van der Waals surface area contributed by atoms with E-state index in [-0.39, 0.29) is 11.6 Å². The van der Waals surface area contributed by atoms with Crippen LogP contribution in [0.25, 0.3) is 0 Å². The molecule has 2 N–H and O–H groups in total. The maximum atomic E-state index is 13.2. The topological polar surface area (TPSA) is 86.3 Å². The summed E-state index contributed by atoms with van der Waals surface area (Å²) in [5.41, 5.74) is 0.390. The molecule has 8 nitrogen and oxygen atoms in total. The van der Waals surface area contributed by atoms with Gasteiger partial charge < -0.3 is 20.4 Å². The molecule has 1 aliphatic heterocycles. The van der Waals surface area contributed by atoms with Crippen molar-refractivity contribution in [2.45, 2.75) is 19.4 Å². The Morgan fingerprint density at radius 2 is 2.00 bits per heavy atom. The molecule has 1 saturated heterocycles. The third kappa shape index (κ3) is 4.94. The van der Waals surface area contributed by atoms with Gasteiger partial charge in [-0.05, 0) is 31.0 Å². The van der Waals surface area contributed by atoms with Crippen molar-refractivity contribution in [2.75, 3.05) is 42.3 Å². The number of hydrogen-bond donors (Lipinski definition) is 2. The fourth-order valence-corrected chi connectivity index (χ4v) is 2.82. The standard InChI is InChI=1S/C17H21ClFN7O/c1-25(2)15-22-14(23-16(24-15)26-7-3-4-8-26)10-20-17(27)21-11-5-6-13(19)12(18)9-11/h5-6,9H,3-4,7-8,10H2,1-2H3,(H2,20,21,27). The van der Waals surface area contributed by atoms with Crippen molar-refractivity contribution in [1.82, 2.24) is 20.3 Å². The van der Waals surface area contributed by atoms with Gasteiger partial charge in [-0.25, -0.2) is 9.18 Å². The van der Waals surface area contributed by atoms with E-state index in [1.807, 2.05) is 14.1 Å². The van der Waals surface area contributed by atoms with Crippen LogP contribution in [0.4, 0.5) is 26.8 Å². The van der Waals surface area contributed by atoms with Crippen molar-refractivity contribution in [1.29, 1.82) is 0 Å². The molecule has 0 saturated carbocycles. The Kier molecular flexibility index (Phi) is 5.90. The summed E-state index contributed by atoms with van der Waals surface area (Å²) in [5, 5.41) is 5.22. The Hall–Kier alpha value is -2.68. The van der Waals surface area contributed by atoms with Gasteiger partial charge in [-0.2, -0.15) is 15.0 Å². The van der Waals surface area contributed by atoms with Crippen molar-refractivity contribution >= 4 is 35.2 Å². The number of nitrogens with one attached hydrogen (secondary N) is 2. The number of carbonyl (C=O) groups is 1. The first-order chi connectivity index (χ1) is 12.9. The number of carbonyl (C=O) groups excluding carboxylic acids is 1. The SMILES string of the molecule is CN(C)c1nc(CNC(=O)Nc2ccc(F)c(Cl)c2)nc(N2CCCC2)n1. The van der Waals surface area contributed by atoms with Crippen LogP contribution in [0.2, 0.25) is 5.02 Å². The third-order valence-electron chi connectivity index (χ3n) is 4.03. The Labute approximate surface area is 161 Å². The normalized spacial score (nSPS) is 13.6. The van der Waals surface area contributed by atoms with Crippen LogP contribution in [-0.2, 0) is 6.54 Å². The smallest absolute Gasteiger partial charge is 0.319 e. The summed E-state index contributed by atoms with van der Waals surface area (Å²) in [6.07, 6.45) is 2.22. The molecule has 0 aliphatic carbocycles. The second kappa shape index (κ2) is 8.34. The predicted molar refractivity (Wildman–Crippen MR) is 103 cm³/mol. The number of urea groups is 1. The van der Waals surface area contributed by atoms with Gasteiger partial charge in [-0.3, -0.25) is 0 Å². The van der Waals surface area contributed by atoms with E-state index in [0.29, 0.717) is 23.4 Å². The lowest BCUT2D eigenvalue weighted by atomic mass is 10.3. The summed E-state index contributed by atoms with van der Waals surface area (Å²) in [7, 11) is 3.70.